The highest BCUT2D eigenvalue weighted by atomic mass is 16.3. The molecule has 3 rings (SSSR count). The second kappa shape index (κ2) is 11.6. The summed E-state index contributed by atoms with van der Waals surface area (Å²) in [6.45, 7) is 12.4. The molecule has 3 aliphatic carbocycles. The zero-order chi connectivity index (χ0) is 26.0. The van der Waals surface area contributed by atoms with Gasteiger partial charge in [-0.25, -0.2) is 0 Å². The van der Waals surface area contributed by atoms with Gasteiger partial charge >= 0.3 is 0 Å². The average Bonchev–Trinajstić information content (AvgIpc) is 3.14. The smallest absolute Gasteiger partial charge is 0.0840 e. The zero-order valence-corrected chi connectivity index (χ0v) is 22.4. The second-order valence-electron chi connectivity index (χ2n) is 12.7. The largest absolute Gasteiger partial charge is 0.394 e. The van der Waals surface area contributed by atoms with Crippen LogP contribution in [0, 0.1) is 29.1 Å². The highest BCUT2D eigenvalue weighted by Crippen LogP contribution is 2.60. The number of aliphatic hydroxyl groups excluding tert-OH is 4. The van der Waals surface area contributed by atoms with Gasteiger partial charge < -0.3 is 25.5 Å². The van der Waals surface area contributed by atoms with Crippen LogP contribution in [0.4, 0.5) is 0 Å². The van der Waals surface area contributed by atoms with Gasteiger partial charge in [0.15, 0.2) is 0 Å². The first kappa shape index (κ1) is 28.6. The Balaban J connectivity index is 1.69. The Morgan fingerprint density at radius 2 is 1.91 bits per heavy atom. The standard InChI is InChI=1S/C30H50O5/c1-19(8-6-14-29(3,4)35)25-12-13-26-21(9-7-15-30(25,26)5)10-11-22-16-27(33)24(17-23(32)18-31)28(34)20(22)2/h10-11,19,23-28,31-35H,2,6-9,12-18H2,1,3-5H3/b21-10+,22-11-/t19-,23-,24+,25-,26+,27-,28-,30-/m1/s1. The molecule has 8 atom stereocenters. The Labute approximate surface area is 212 Å². The molecule has 0 radical (unpaired) electrons. The van der Waals surface area contributed by atoms with E-state index in [2.05, 4.69) is 32.6 Å². The van der Waals surface area contributed by atoms with Crippen molar-refractivity contribution in [3.63, 3.8) is 0 Å². The molecule has 3 saturated carbocycles. The Bertz CT molecular complexity index is 793. The highest BCUT2D eigenvalue weighted by molar-refractivity contribution is 5.39. The van der Waals surface area contributed by atoms with Crippen molar-refractivity contribution in [2.75, 3.05) is 6.61 Å². The fraction of sp³-hybridized carbons (Fsp3) is 0.800. The minimum atomic E-state index is -0.947. The van der Waals surface area contributed by atoms with Gasteiger partial charge in [0.25, 0.3) is 0 Å². The molecule has 0 aromatic rings. The predicted octanol–water partition coefficient (Wildman–Crippen LogP) is 4.67. The summed E-state index contributed by atoms with van der Waals surface area (Å²) >= 11 is 0. The van der Waals surface area contributed by atoms with Gasteiger partial charge in [0.05, 0.1) is 30.5 Å². The first-order valence-electron chi connectivity index (χ1n) is 13.8. The van der Waals surface area contributed by atoms with Crippen LogP contribution in [0.1, 0.15) is 91.9 Å². The molecule has 200 valence electrons. The Morgan fingerprint density at radius 1 is 1.20 bits per heavy atom. The summed E-state index contributed by atoms with van der Waals surface area (Å²) in [5.41, 5.74) is 2.72. The zero-order valence-electron chi connectivity index (χ0n) is 22.4. The third-order valence-corrected chi connectivity index (χ3v) is 9.52. The lowest BCUT2D eigenvalue weighted by atomic mass is 9.60. The molecule has 0 spiro atoms. The first-order valence-corrected chi connectivity index (χ1v) is 13.8. The minimum absolute atomic E-state index is 0.155. The highest BCUT2D eigenvalue weighted by Gasteiger charge is 2.50. The van der Waals surface area contributed by atoms with Gasteiger partial charge in [-0.15, -0.1) is 0 Å². The molecule has 5 N–H and O–H groups in total. The SMILES string of the molecule is C=C1/C(=C\C=C2/CCC[C@]3(C)[C@@H]([C@H](C)CCCC(C)(C)O)CC[C@@H]23)C[C@@H](O)[C@H](C[C@@H](O)CO)[C@@H]1O. The van der Waals surface area contributed by atoms with Crippen molar-refractivity contribution in [1.29, 1.82) is 0 Å². The lowest BCUT2D eigenvalue weighted by Crippen LogP contribution is -2.41. The number of aliphatic hydroxyl groups is 5. The molecular weight excluding hydrogens is 440 g/mol. The lowest BCUT2D eigenvalue weighted by Gasteiger charge is -2.44. The monoisotopic (exact) mass is 490 g/mol. The fourth-order valence-corrected chi connectivity index (χ4v) is 7.50. The molecule has 0 aromatic carbocycles. The van der Waals surface area contributed by atoms with Crippen molar-refractivity contribution in [2.24, 2.45) is 29.1 Å². The first-order chi connectivity index (χ1) is 16.4. The quantitative estimate of drug-likeness (QED) is 0.323. The molecule has 0 heterocycles. The molecule has 3 aliphatic rings. The summed E-state index contributed by atoms with van der Waals surface area (Å²) in [6, 6.07) is 0. The molecule has 3 fully saturated rings. The Morgan fingerprint density at radius 3 is 2.57 bits per heavy atom. The normalized spacial score (nSPS) is 38.1. The van der Waals surface area contributed by atoms with Gasteiger partial charge in [0.1, 0.15) is 0 Å². The summed E-state index contributed by atoms with van der Waals surface area (Å²) in [4.78, 5) is 0. The third-order valence-electron chi connectivity index (χ3n) is 9.52. The fourth-order valence-electron chi connectivity index (χ4n) is 7.50. The molecule has 0 aliphatic heterocycles. The number of hydrogen-bond acceptors (Lipinski definition) is 5. The van der Waals surface area contributed by atoms with E-state index >= 15 is 0 Å². The Hall–Kier alpha value is -0.980. The van der Waals surface area contributed by atoms with Crippen molar-refractivity contribution < 1.29 is 25.5 Å². The van der Waals surface area contributed by atoms with Crippen LogP contribution >= 0.6 is 0 Å². The van der Waals surface area contributed by atoms with Gasteiger partial charge in [-0.05, 0) is 99.5 Å². The van der Waals surface area contributed by atoms with Crippen LogP contribution in [0.2, 0.25) is 0 Å². The minimum Gasteiger partial charge on any atom is -0.394 e. The van der Waals surface area contributed by atoms with Crippen molar-refractivity contribution in [2.45, 2.75) is 116 Å². The molecule has 0 aromatic heterocycles. The van der Waals surface area contributed by atoms with E-state index in [0.29, 0.717) is 35.2 Å². The van der Waals surface area contributed by atoms with E-state index in [0.717, 1.165) is 24.8 Å². The number of rotatable bonds is 9. The van der Waals surface area contributed by atoms with Crippen molar-refractivity contribution in [3.8, 4) is 0 Å². The van der Waals surface area contributed by atoms with Crippen LogP contribution in [0.15, 0.2) is 35.5 Å². The maximum absolute atomic E-state index is 10.7. The van der Waals surface area contributed by atoms with Crippen molar-refractivity contribution >= 4 is 0 Å². The van der Waals surface area contributed by atoms with E-state index in [1.165, 1.54) is 37.7 Å². The molecule has 0 unspecified atom stereocenters. The topological polar surface area (TPSA) is 101 Å². The van der Waals surface area contributed by atoms with Crippen molar-refractivity contribution in [1.82, 2.24) is 0 Å². The van der Waals surface area contributed by atoms with Crippen LogP contribution < -0.4 is 0 Å². The van der Waals surface area contributed by atoms with Gasteiger partial charge in [-0.2, -0.15) is 0 Å². The summed E-state index contributed by atoms with van der Waals surface area (Å²) in [5, 5.41) is 50.4. The molecule has 0 saturated heterocycles. The summed E-state index contributed by atoms with van der Waals surface area (Å²) in [6.07, 6.45) is 11.4. The van der Waals surface area contributed by atoms with Crippen molar-refractivity contribution in [3.05, 3.63) is 35.5 Å². The molecular formula is C30H50O5. The van der Waals surface area contributed by atoms with E-state index < -0.39 is 29.8 Å². The Kier molecular flexibility index (Phi) is 9.48. The van der Waals surface area contributed by atoms with Crippen LogP contribution in [-0.2, 0) is 0 Å². The predicted molar refractivity (Wildman–Crippen MR) is 141 cm³/mol. The van der Waals surface area contributed by atoms with E-state index in [4.69, 9.17) is 5.11 Å². The summed E-state index contributed by atoms with van der Waals surface area (Å²) in [5.74, 6) is 1.42. The maximum atomic E-state index is 10.7. The molecule has 5 heteroatoms. The molecule has 35 heavy (non-hydrogen) atoms. The van der Waals surface area contributed by atoms with Gasteiger partial charge in [-0.1, -0.05) is 51.0 Å². The van der Waals surface area contributed by atoms with Crippen LogP contribution in [-0.4, -0.2) is 56.1 Å². The second-order valence-corrected chi connectivity index (χ2v) is 12.7. The van der Waals surface area contributed by atoms with Crippen LogP contribution in [0.3, 0.4) is 0 Å². The summed E-state index contributed by atoms with van der Waals surface area (Å²) in [7, 11) is 0. The molecule has 5 nitrogen and oxygen atoms in total. The van der Waals surface area contributed by atoms with Crippen LogP contribution in [0.5, 0.6) is 0 Å². The van der Waals surface area contributed by atoms with E-state index in [1.807, 2.05) is 13.8 Å². The molecule has 0 bridgehead atoms. The van der Waals surface area contributed by atoms with Crippen LogP contribution in [0.25, 0.3) is 0 Å². The van der Waals surface area contributed by atoms with Gasteiger partial charge in [0, 0.05) is 5.92 Å². The van der Waals surface area contributed by atoms with E-state index in [1.54, 1.807) is 0 Å². The number of allylic oxidation sites excluding steroid dienone is 3. The number of hydrogen-bond donors (Lipinski definition) is 5. The van der Waals surface area contributed by atoms with Gasteiger partial charge in [-0.3, -0.25) is 0 Å². The summed E-state index contributed by atoms with van der Waals surface area (Å²) < 4.78 is 0. The van der Waals surface area contributed by atoms with Gasteiger partial charge in [0.2, 0.25) is 0 Å². The molecule has 0 amide bonds. The lowest BCUT2D eigenvalue weighted by molar-refractivity contribution is -0.0200. The van der Waals surface area contributed by atoms with E-state index in [-0.39, 0.29) is 13.0 Å². The number of fused-ring (bicyclic) bond motifs is 1. The maximum Gasteiger partial charge on any atom is 0.0840 e. The van der Waals surface area contributed by atoms with E-state index in [9.17, 15) is 20.4 Å². The third kappa shape index (κ3) is 6.67. The average molecular weight is 491 g/mol.